The molecule has 0 radical (unpaired) electrons. The minimum atomic E-state index is -1.78. The Bertz CT molecular complexity index is 1680. The number of amides is 1. The number of aliphatic hydroxyl groups is 8. The van der Waals surface area contributed by atoms with E-state index in [0.29, 0.717) is 12.8 Å². The van der Waals surface area contributed by atoms with Gasteiger partial charge in [0.05, 0.1) is 32.0 Å². The van der Waals surface area contributed by atoms with Gasteiger partial charge in [-0.3, -0.25) is 4.79 Å². The average Bonchev–Trinajstić information content (AvgIpc) is 0.791. The predicted molar refractivity (Wildman–Crippen MR) is 416 cm³/mol. The van der Waals surface area contributed by atoms with Crippen molar-refractivity contribution in [3.63, 3.8) is 0 Å². The lowest BCUT2D eigenvalue weighted by Crippen LogP contribution is -2.65. The largest absolute Gasteiger partial charge is 0.394 e. The maximum atomic E-state index is 13.4. The van der Waals surface area contributed by atoms with Crippen molar-refractivity contribution >= 4 is 5.91 Å². The summed E-state index contributed by atoms with van der Waals surface area (Å²) in [5.41, 5.74) is 0. The molecule has 0 aliphatic carbocycles. The molecule has 2 aliphatic heterocycles. The van der Waals surface area contributed by atoms with E-state index >= 15 is 0 Å². The van der Waals surface area contributed by atoms with Crippen LogP contribution in [-0.4, -0.2) is 140 Å². The zero-order valence-corrected chi connectivity index (χ0v) is 65.8. The molecule has 0 aromatic heterocycles. The molecule has 2 heterocycles. The van der Waals surface area contributed by atoms with Crippen LogP contribution in [0, 0.1) is 0 Å². The molecule has 14 nitrogen and oxygen atoms in total. The average molecular weight is 1430 g/mol. The van der Waals surface area contributed by atoms with E-state index in [1.54, 1.807) is 0 Å². The molecule has 0 saturated carbocycles. The lowest BCUT2D eigenvalue weighted by atomic mass is 9.97. The first-order valence-corrected chi connectivity index (χ1v) is 44.3. The number of unbranched alkanes of at least 4 members (excludes halogenated alkanes) is 64. The summed E-state index contributed by atoms with van der Waals surface area (Å²) < 4.78 is 23.0. The normalized spacial score (nSPS) is 21.7. The first-order valence-electron chi connectivity index (χ1n) is 44.3. The Balaban J connectivity index is 1.55. The molecule has 12 unspecified atom stereocenters. The van der Waals surface area contributed by atoms with Crippen molar-refractivity contribution < 1.29 is 64.6 Å². The highest BCUT2D eigenvalue weighted by Crippen LogP contribution is 2.31. The Morgan fingerprint density at radius 1 is 0.320 bits per heavy atom. The van der Waals surface area contributed by atoms with Gasteiger partial charge in [-0.15, -0.1) is 0 Å². The Morgan fingerprint density at radius 2 is 0.570 bits per heavy atom. The van der Waals surface area contributed by atoms with E-state index in [0.717, 1.165) is 51.4 Å². The molecule has 0 bridgehead atoms. The van der Waals surface area contributed by atoms with Crippen molar-refractivity contribution in [1.29, 1.82) is 0 Å². The Hall–Kier alpha value is -1.01. The van der Waals surface area contributed by atoms with Crippen molar-refractivity contribution in [1.82, 2.24) is 5.32 Å². The molecule has 14 heteroatoms. The van der Waals surface area contributed by atoms with Crippen LogP contribution in [0.4, 0.5) is 0 Å². The SMILES string of the molecule is CCCCCCCCCCCCCCCCCCCCCCCCCCCCCCCCCCCCCCCC(=O)NC(COC1OC(CO)C(OC2OC(CO)C(O)C(O)C2O)C(O)C1O)C(O)CCCCCCCCCCCCCCCCCCCCCCCCCCCCCCC. The molecule has 9 N–H and O–H groups in total. The molecule has 0 spiro atoms. The van der Waals surface area contributed by atoms with Gasteiger partial charge < -0.3 is 65.1 Å². The van der Waals surface area contributed by atoms with E-state index < -0.39 is 86.8 Å². The lowest BCUT2D eigenvalue weighted by molar-refractivity contribution is -0.359. The first kappa shape index (κ1) is 95.1. The zero-order valence-electron chi connectivity index (χ0n) is 65.8. The van der Waals surface area contributed by atoms with Crippen LogP contribution >= 0.6 is 0 Å². The van der Waals surface area contributed by atoms with Gasteiger partial charge in [-0.25, -0.2) is 0 Å². The van der Waals surface area contributed by atoms with E-state index in [2.05, 4.69) is 19.2 Å². The van der Waals surface area contributed by atoms with Crippen molar-refractivity contribution in [2.75, 3.05) is 19.8 Å². The minimum Gasteiger partial charge on any atom is -0.394 e. The molecule has 0 aromatic rings. The number of rotatable bonds is 77. The molecule has 12 atom stereocenters. The molecule has 2 saturated heterocycles. The maximum Gasteiger partial charge on any atom is 0.220 e. The Morgan fingerprint density at radius 3 is 0.850 bits per heavy atom. The summed E-state index contributed by atoms with van der Waals surface area (Å²) in [5.74, 6) is -0.194. The molecular weight excluding hydrogens is 1250 g/mol. The summed E-state index contributed by atoms with van der Waals surface area (Å²) in [7, 11) is 0. The van der Waals surface area contributed by atoms with Crippen molar-refractivity contribution in [2.45, 2.75) is 524 Å². The monoisotopic (exact) mass is 1420 g/mol. The fourth-order valence-electron chi connectivity index (χ4n) is 15.4. The van der Waals surface area contributed by atoms with Crippen LogP contribution in [-0.2, 0) is 23.7 Å². The number of hydrogen-bond acceptors (Lipinski definition) is 13. The number of carbonyl (C=O) groups is 1. The third-order valence-corrected chi connectivity index (χ3v) is 22.3. The molecule has 100 heavy (non-hydrogen) atoms. The zero-order chi connectivity index (χ0) is 72.2. The predicted octanol–water partition coefficient (Wildman–Crippen LogP) is 21.0. The quantitative estimate of drug-likeness (QED) is 0.0259. The van der Waals surface area contributed by atoms with Crippen LogP contribution in [0.5, 0.6) is 0 Å². The van der Waals surface area contributed by atoms with Crippen molar-refractivity contribution in [3.8, 4) is 0 Å². The Labute approximate surface area is 616 Å². The van der Waals surface area contributed by atoms with Gasteiger partial charge in [0.2, 0.25) is 5.91 Å². The summed E-state index contributed by atoms with van der Waals surface area (Å²) in [6, 6.07) is -0.826. The Kier molecular flexibility index (Phi) is 67.4. The van der Waals surface area contributed by atoms with Gasteiger partial charge in [0.25, 0.3) is 0 Å². The van der Waals surface area contributed by atoms with E-state index in [1.165, 1.54) is 372 Å². The number of ether oxygens (including phenoxy) is 4. The minimum absolute atomic E-state index is 0.194. The fourth-order valence-corrected chi connectivity index (χ4v) is 15.4. The number of aliphatic hydroxyl groups excluding tert-OH is 8. The molecule has 2 rings (SSSR count). The number of carbonyl (C=O) groups excluding carboxylic acids is 1. The van der Waals surface area contributed by atoms with Gasteiger partial charge in [-0.05, 0) is 12.8 Å². The van der Waals surface area contributed by atoms with E-state index in [-0.39, 0.29) is 12.5 Å². The second-order valence-electron chi connectivity index (χ2n) is 31.7. The smallest absolute Gasteiger partial charge is 0.220 e. The summed E-state index contributed by atoms with van der Waals surface area (Å²) in [5, 5.41) is 88.0. The van der Waals surface area contributed by atoms with Gasteiger partial charge >= 0.3 is 0 Å². The van der Waals surface area contributed by atoms with Crippen LogP contribution in [0.3, 0.4) is 0 Å². The van der Waals surface area contributed by atoms with Crippen LogP contribution in [0.1, 0.15) is 450 Å². The highest BCUT2D eigenvalue weighted by Gasteiger charge is 2.51. The van der Waals surface area contributed by atoms with E-state index in [9.17, 15) is 45.6 Å². The highest BCUT2D eigenvalue weighted by atomic mass is 16.7. The molecular formula is C86H169NO13. The molecule has 0 aromatic carbocycles. The second kappa shape index (κ2) is 70.9. The van der Waals surface area contributed by atoms with Crippen molar-refractivity contribution in [2.24, 2.45) is 0 Å². The van der Waals surface area contributed by atoms with Crippen molar-refractivity contribution in [3.05, 3.63) is 0 Å². The maximum absolute atomic E-state index is 13.4. The third-order valence-electron chi connectivity index (χ3n) is 22.3. The standard InChI is InChI=1S/C86H169NO13/c1-3-5-7-9-11-13-15-17-19-21-23-25-27-29-31-33-34-35-36-37-38-39-40-42-44-46-48-50-52-54-56-58-60-62-64-66-68-70-78(91)87-74(73-97-85-83(96)81(94)84(77(72-89)99-85)100-86-82(95)80(93)79(92)76(71-88)98-86)75(90)69-67-65-63-61-59-57-55-53-51-49-47-45-43-41-32-30-28-26-24-22-20-18-16-14-12-10-8-6-4-2/h74-77,79-86,88-90,92-96H,3-73H2,1-2H3,(H,87,91). The lowest BCUT2D eigenvalue weighted by Gasteiger charge is -2.46. The van der Waals surface area contributed by atoms with Gasteiger partial charge in [0, 0.05) is 6.42 Å². The van der Waals surface area contributed by atoms with Crippen LogP contribution in [0.15, 0.2) is 0 Å². The molecule has 2 fully saturated rings. The molecule has 596 valence electrons. The summed E-state index contributed by atoms with van der Waals surface area (Å²) >= 11 is 0. The van der Waals surface area contributed by atoms with Gasteiger partial charge in [-0.2, -0.15) is 0 Å². The molecule has 2 aliphatic rings. The van der Waals surface area contributed by atoms with Gasteiger partial charge in [0.1, 0.15) is 48.8 Å². The topological polar surface area (TPSA) is 228 Å². The summed E-state index contributed by atoms with van der Waals surface area (Å²) in [4.78, 5) is 13.4. The van der Waals surface area contributed by atoms with Crippen LogP contribution in [0.25, 0.3) is 0 Å². The van der Waals surface area contributed by atoms with Gasteiger partial charge in [0.15, 0.2) is 12.6 Å². The van der Waals surface area contributed by atoms with Crippen LogP contribution < -0.4 is 5.32 Å². The van der Waals surface area contributed by atoms with Crippen LogP contribution in [0.2, 0.25) is 0 Å². The summed E-state index contributed by atoms with van der Waals surface area (Å²) in [6.07, 6.45) is 73.3. The summed E-state index contributed by atoms with van der Waals surface area (Å²) in [6.45, 7) is 2.96. The third kappa shape index (κ3) is 52.9. The fraction of sp³-hybridized carbons (Fsp3) is 0.988. The number of hydrogen-bond donors (Lipinski definition) is 9. The highest BCUT2D eigenvalue weighted by molar-refractivity contribution is 5.76. The number of nitrogens with one attached hydrogen (secondary N) is 1. The molecule has 1 amide bonds. The van der Waals surface area contributed by atoms with Gasteiger partial charge in [-0.1, -0.05) is 431 Å². The van der Waals surface area contributed by atoms with E-state index in [4.69, 9.17) is 18.9 Å². The van der Waals surface area contributed by atoms with E-state index in [1.807, 2.05) is 0 Å². The second-order valence-corrected chi connectivity index (χ2v) is 31.7. The first-order chi connectivity index (χ1) is 49.1.